The highest BCUT2D eigenvalue weighted by Crippen LogP contribution is 2.34. The number of methoxy groups -OCH3 is 1. The van der Waals surface area contributed by atoms with Crippen molar-refractivity contribution in [1.29, 1.82) is 0 Å². The molecule has 0 aliphatic heterocycles. The Kier molecular flexibility index (Phi) is 5.32. The maximum absolute atomic E-state index is 12.6. The van der Waals surface area contributed by atoms with Crippen LogP contribution in [0.15, 0.2) is 43.0 Å². The van der Waals surface area contributed by atoms with Crippen molar-refractivity contribution in [2.75, 3.05) is 7.11 Å². The number of hydrogen-bond donors (Lipinski definition) is 1. The number of halogens is 5. The van der Waals surface area contributed by atoms with E-state index in [0.29, 0.717) is 26.8 Å². The van der Waals surface area contributed by atoms with Gasteiger partial charge in [-0.3, -0.25) is 9.25 Å². The van der Waals surface area contributed by atoms with Crippen molar-refractivity contribution in [3.63, 3.8) is 0 Å². The van der Waals surface area contributed by atoms with Gasteiger partial charge in [-0.2, -0.15) is 27.1 Å². The molecule has 0 aliphatic rings. The van der Waals surface area contributed by atoms with E-state index in [-0.39, 0.29) is 23.2 Å². The monoisotopic (exact) mass is 455 g/mol. The van der Waals surface area contributed by atoms with Crippen LogP contribution < -0.4 is 9.47 Å². The molecule has 0 spiro atoms. The zero-order valence-electron chi connectivity index (χ0n) is 16.2. The highest BCUT2D eigenvalue weighted by molar-refractivity contribution is 5.87. The fraction of sp³-hybridized carbons (Fsp3) is 0.211. The molecule has 8 nitrogen and oxygen atoms in total. The molecule has 0 atom stereocenters. The second kappa shape index (κ2) is 7.98. The van der Waals surface area contributed by atoms with E-state index >= 15 is 0 Å². The predicted molar refractivity (Wildman–Crippen MR) is 101 cm³/mol. The number of nitrogens with zero attached hydrogens (tertiary/aromatic N) is 5. The minimum Gasteiger partial charge on any atom is -0.494 e. The standard InChI is InChI=1S/C19H14F5N5O3/c1-31-15-4-10(5-25-16(15)32-18(20)21)13-3-2-12-14(27-13)8-29(17(12)30)11-6-26-28(7-11)9-19(22,23)24/h2-8,18,30H,9H2,1H3. The molecule has 4 aromatic rings. The lowest BCUT2D eigenvalue weighted by Gasteiger charge is -2.10. The molecule has 32 heavy (non-hydrogen) atoms. The van der Waals surface area contributed by atoms with E-state index in [1.165, 1.54) is 36.3 Å². The molecule has 0 saturated heterocycles. The summed E-state index contributed by atoms with van der Waals surface area (Å²) in [4.78, 5) is 8.24. The Hall–Kier alpha value is -3.90. The van der Waals surface area contributed by atoms with Crippen molar-refractivity contribution in [2.45, 2.75) is 19.3 Å². The maximum atomic E-state index is 12.6. The normalized spacial score (nSPS) is 12.0. The van der Waals surface area contributed by atoms with Gasteiger partial charge in [0.05, 0.1) is 35.6 Å². The fourth-order valence-electron chi connectivity index (χ4n) is 3.07. The topological polar surface area (TPSA) is 87.2 Å². The number of ether oxygens (including phenoxy) is 2. The Morgan fingerprint density at radius 3 is 2.62 bits per heavy atom. The summed E-state index contributed by atoms with van der Waals surface area (Å²) >= 11 is 0. The summed E-state index contributed by atoms with van der Waals surface area (Å²) in [6.07, 6.45) is 0.591. The van der Waals surface area contributed by atoms with Crippen molar-refractivity contribution in [1.82, 2.24) is 24.3 Å². The van der Waals surface area contributed by atoms with Gasteiger partial charge < -0.3 is 14.6 Å². The lowest BCUT2D eigenvalue weighted by molar-refractivity contribution is -0.142. The van der Waals surface area contributed by atoms with Gasteiger partial charge in [-0.25, -0.2) is 9.97 Å². The van der Waals surface area contributed by atoms with Crippen LogP contribution in [0.4, 0.5) is 22.0 Å². The molecule has 0 saturated carbocycles. The van der Waals surface area contributed by atoms with Crippen LogP contribution in [0.25, 0.3) is 27.8 Å². The zero-order valence-corrected chi connectivity index (χ0v) is 16.2. The molecule has 0 aliphatic carbocycles. The van der Waals surface area contributed by atoms with Gasteiger partial charge in [0.25, 0.3) is 5.88 Å². The molecule has 0 unspecified atom stereocenters. The predicted octanol–water partition coefficient (Wildman–Crippen LogP) is 4.16. The molecule has 0 aromatic carbocycles. The first-order valence-electron chi connectivity index (χ1n) is 8.94. The van der Waals surface area contributed by atoms with Crippen molar-refractivity contribution in [3.8, 4) is 34.5 Å². The second-order valence-electron chi connectivity index (χ2n) is 6.57. The van der Waals surface area contributed by atoms with Gasteiger partial charge in [-0.1, -0.05) is 0 Å². The van der Waals surface area contributed by atoms with Gasteiger partial charge in [-0.05, 0) is 18.2 Å². The van der Waals surface area contributed by atoms with Crippen LogP contribution in [-0.2, 0) is 6.54 Å². The highest BCUT2D eigenvalue weighted by Gasteiger charge is 2.28. The highest BCUT2D eigenvalue weighted by atomic mass is 19.4. The quantitative estimate of drug-likeness (QED) is 0.440. The summed E-state index contributed by atoms with van der Waals surface area (Å²) in [5.41, 5.74) is 1.35. The Morgan fingerprint density at radius 1 is 1.16 bits per heavy atom. The molecule has 168 valence electrons. The Labute approximate surface area is 176 Å². The summed E-state index contributed by atoms with van der Waals surface area (Å²) < 4.78 is 73.9. The molecule has 1 N–H and O–H groups in total. The van der Waals surface area contributed by atoms with Gasteiger partial charge in [0.15, 0.2) is 5.75 Å². The van der Waals surface area contributed by atoms with E-state index in [1.807, 2.05) is 0 Å². The third-order valence-electron chi connectivity index (χ3n) is 4.42. The molecular weight excluding hydrogens is 441 g/mol. The smallest absolute Gasteiger partial charge is 0.408 e. The van der Waals surface area contributed by atoms with E-state index in [0.717, 1.165) is 6.20 Å². The van der Waals surface area contributed by atoms with Gasteiger partial charge in [0, 0.05) is 24.2 Å². The van der Waals surface area contributed by atoms with Crippen LogP contribution in [0.3, 0.4) is 0 Å². The lowest BCUT2D eigenvalue weighted by Crippen LogP contribution is -2.17. The second-order valence-corrected chi connectivity index (χ2v) is 6.57. The number of alkyl halides is 5. The van der Waals surface area contributed by atoms with E-state index in [2.05, 4.69) is 19.8 Å². The van der Waals surface area contributed by atoms with Crippen LogP contribution in [0.2, 0.25) is 0 Å². The van der Waals surface area contributed by atoms with E-state index in [1.54, 1.807) is 12.1 Å². The number of fused-ring (bicyclic) bond motifs is 1. The average molecular weight is 455 g/mol. The van der Waals surface area contributed by atoms with Crippen LogP contribution in [0.5, 0.6) is 17.5 Å². The van der Waals surface area contributed by atoms with Gasteiger partial charge >= 0.3 is 12.8 Å². The van der Waals surface area contributed by atoms with Crippen LogP contribution in [0.1, 0.15) is 0 Å². The van der Waals surface area contributed by atoms with E-state index in [9.17, 15) is 27.1 Å². The average Bonchev–Trinajstić information content (AvgIpc) is 3.30. The SMILES string of the molecule is COc1cc(-c2ccc3c(O)n(-c4cnn(CC(F)(F)F)c4)cc3n2)cnc1OC(F)F. The first kappa shape index (κ1) is 21.3. The molecule has 0 fully saturated rings. The largest absolute Gasteiger partial charge is 0.494 e. The minimum atomic E-state index is -4.44. The third kappa shape index (κ3) is 4.26. The minimum absolute atomic E-state index is 0.0257. The maximum Gasteiger partial charge on any atom is 0.408 e. The van der Waals surface area contributed by atoms with Crippen molar-refractivity contribution in [3.05, 3.63) is 43.0 Å². The van der Waals surface area contributed by atoms with E-state index < -0.39 is 19.3 Å². The summed E-state index contributed by atoms with van der Waals surface area (Å²) in [6.45, 7) is -4.34. The molecule has 13 heteroatoms. The zero-order chi connectivity index (χ0) is 23.0. The fourth-order valence-corrected chi connectivity index (χ4v) is 3.07. The number of rotatable bonds is 6. The molecule has 0 amide bonds. The molecule has 0 radical (unpaired) electrons. The number of aromatic nitrogens is 5. The van der Waals surface area contributed by atoms with E-state index in [4.69, 9.17) is 4.74 Å². The Morgan fingerprint density at radius 2 is 1.94 bits per heavy atom. The molecule has 4 rings (SSSR count). The molecule has 4 heterocycles. The van der Waals surface area contributed by atoms with Crippen molar-refractivity contribution >= 4 is 10.9 Å². The Bertz CT molecular complexity index is 1270. The van der Waals surface area contributed by atoms with Gasteiger partial charge in [0.2, 0.25) is 5.88 Å². The third-order valence-corrected chi connectivity index (χ3v) is 4.42. The van der Waals surface area contributed by atoms with Crippen LogP contribution in [0, 0.1) is 0 Å². The molecule has 4 aromatic heterocycles. The summed E-state index contributed by atoms with van der Waals surface area (Å²) in [5, 5.41) is 14.5. The van der Waals surface area contributed by atoms with Crippen LogP contribution in [-0.4, -0.2) is 49.3 Å². The van der Waals surface area contributed by atoms with Crippen molar-refractivity contribution < 1.29 is 36.5 Å². The summed E-state index contributed by atoms with van der Waals surface area (Å²) in [6, 6.07) is 4.53. The van der Waals surface area contributed by atoms with Gasteiger partial charge in [-0.15, -0.1) is 0 Å². The Balaban J connectivity index is 1.69. The van der Waals surface area contributed by atoms with Gasteiger partial charge in [0.1, 0.15) is 6.54 Å². The summed E-state index contributed by atoms with van der Waals surface area (Å²) in [7, 11) is 1.27. The number of pyridine rings is 2. The molecule has 0 bridgehead atoms. The lowest BCUT2D eigenvalue weighted by atomic mass is 10.1. The van der Waals surface area contributed by atoms with Crippen molar-refractivity contribution in [2.24, 2.45) is 0 Å². The van der Waals surface area contributed by atoms with Crippen LogP contribution >= 0.6 is 0 Å². The summed E-state index contributed by atoms with van der Waals surface area (Å²) in [5.74, 6) is -0.642. The first-order valence-corrected chi connectivity index (χ1v) is 8.94. The molecular formula is C19H14F5N5O3. The first-order chi connectivity index (χ1) is 15.1. The number of hydrogen-bond acceptors (Lipinski definition) is 6. The number of aromatic hydroxyl groups is 1.